The Hall–Kier alpha value is -2.78. The highest BCUT2D eigenvalue weighted by Gasteiger charge is 2.48. The fourth-order valence-electron chi connectivity index (χ4n) is 3.53. The summed E-state index contributed by atoms with van der Waals surface area (Å²) < 4.78 is 33.9. The van der Waals surface area contributed by atoms with Crippen LogP contribution in [0.3, 0.4) is 0 Å². The Bertz CT molecular complexity index is 914. The van der Waals surface area contributed by atoms with Crippen LogP contribution in [-0.4, -0.2) is 56.3 Å². The van der Waals surface area contributed by atoms with Gasteiger partial charge >= 0.3 is 5.69 Å². The number of ether oxygens (including phenoxy) is 1. The highest BCUT2D eigenvalue weighted by molar-refractivity contribution is 5.81. The number of hydrogen-bond donors (Lipinski definition) is 0. The summed E-state index contributed by atoms with van der Waals surface area (Å²) in [5.41, 5.74) is 0.201. The van der Waals surface area contributed by atoms with Crippen LogP contribution in [0.1, 0.15) is 30.4 Å². The lowest BCUT2D eigenvalue weighted by Gasteiger charge is -2.41. The molecule has 1 unspecified atom stereocenters. The Morgan fingerprint density at radius 1 is 1.37 bits per heavy atom. The van der Waals surface area contributed by atoms with E-state index in [0.717, 1.165) is 4.90 Å². The summed E-state index contributed by atoms with van der Waals surface area (Å²) in [6.45, 7) is -1.02. The number of methoxy groups -OCH3 is 1. The van der Waals surface area contributed by atoms with Crippen molar-refractivity contribution in [1.29, 1.82) is 0 Å². The molecular formula is C17H19F2N5O3. The molecule has 2 aromatic rings. The van der Waals surface area contributed by atoms with Crippen LogP contribution in [0.25, 0.3) is 0 Å². The number of carbonyl (C=O) groups excluding carboxylic acids is 1. The molecule has 4 heterocycles. The number of amides is 1. The van der Waals surface area contributed by atoms with Gasteiger partial charge in [-0.15, -0.1) is 0 Å². The molecular weight excluding hydrogens is 360 g/mol. The molecule has 1 atom stereocenters. The number of nitrogens with zero attached hydrogens (tertiary/aromatic N) is 5. The quantitative estimate of drug-likeness (QED) is 0.787. The summed E-state index contributed by atoms with van der Waals surface area (Å²) in [5, 5.41) is 4.33. The molecule has 0 saturated carbocycles. The second-order valence-electron chi connectivity index (χ2n) is 6.87. The molecule has 4 rings (SSSR count). The summed E-state index contributed by atoms with van der Waals surface area (Å²) in [4.78, 5) is 30.7. The van der Waals surface area contributed by atoms with E-state index < -0.39 is 36.7 Å². The molecule has 0 bridgehead atoms. The van der Waals surface area contributed by atoms with Gasteiger partial charge in [0, 0.05) is 6.42 Å². The largest absolute Gasteiger partial charge is 0.495 e. The minimum Gasteiger partial charge on any atom is -0.495 e. The fraction of sp³-hybridized carbons (Fsp3) is 0.529. The van der Waals surface area contributed by atoms with Gasteiger partial charge in [-0.1, -0.05) is 0 Å². The monoisotopic (exact) mass is 379 g/mol. The molecule has 2 aromatic heterocycles. The number of halogens is 2. The van der Waals surface area contributed by atoms with Gasteiger partial charge in [0.15, 0.2) is 0 Å². The van der Waals surface area contributed by atoms with E-state index in [1.165, 1.54) is 16.4 Å². The summed E-state index contributed by atoms with van der Waals surface area (Å²) in [5.74, 6) is -2.16. The summed E-state index contributed by atoms with van der Waals surface area (Å²) in [6.07, 6.45) is 3.24. The molecule has 0 spiro atoms. The predicted molar refractivity (Wildman–Crippen MR) is 89.9 cm³/mol. The molecule has 1 fully saturated rings. The standard InChI is InChI=1S/C17H19F2N5O3/c1-27-12-6-5-11(20-7-12)8-23-16(26)24-13(3-2-4-14(24)21-23)15(25)22-9-17(18,19)10-22/h5-7,13H,2-4,8-10H2,1H3. The maximum absolute atomic E-state index is 13.1. The Kier molecular flexibility index (Phi) is 4.20. The molecule has 10 heteroatoms. The number of alkyl halides is 2. The van der Waals surface area contributed by atoms with Gasteiger partial charge in [-0.25, -0.2) is 18.3 Å². The van der Waals surface area contributed by atoms with Crippen LogP contribution in [-0.2, 0) is 17.8 Å². The van der Waals surface area contributed by atoms with Crippen molar-refractivity contribution in [3.8, 4) is 5.75 Å². The zero-order chi connectivity index (χ0) is 19.2. The highest BCUT2D eigenvalue weighted by Crippen LogP contribution is 2.31. The van der Waals surface area contributed by atoms with Crippen molar-refractivity contribution in [2.45, 2.75) is 37.8 Å². The van der Waals surface area contributed by atoms with Crippen LogP contribution in [0, 0.1) is 0 Å². The molecule has 1 amide bonds. The summed E-state index contributed by atoms with van der Waals surface area (Å²) in [7, 11) is 1.54. The predicted octanol–water partition coefficient (Wildman–Crippen LogP) is 0.852. The molecule has 2 aliphatic rings. The van der Waals surface area contributed by atoms with Crippen molar-refractivity contribution >= 4 is 5.91 Å². The summed E-state index contributed by atoms with van der Waals surface area (Å²) in [6, 6.07) is 2.70. The van der Waals surface area contributed by atoms with E-state index in [9.17, 15) is 18.4 Å². The number of likely N-dealkylation sites (tertiary alicyclic amines) is 1. The van der Waals surface area contributed by atoms with Crippen molar-refractivity contribution < 1.29 is 18.3 Å². The third-order valence-electron chi connectivity index (χ3n) is 4.92. The maximum Gasteiger partial charge on any atom is 0.347 e. The second kappa shape index (κ2) is 6.43. The van der Waals surface area contributed by atoms with Crippen LogP contribution in [0.15, 0.2) is 23.1 Å². The lowest BCUT2D eigenvalue weighted by molar-refractivity contribution is -0.169. The van der Waals surface area contributed by atoms with Crippen LogP contribution >= 0.6 is 0 Å². The molecule has 144 valence electrons. The number of aryl methyl sites for hydroxylation is 1. The van der Waals surface area contributed by atoms with Crippen LogP contribution in [0.4, 0.5) is 8.78 Å². The van der Waals surface area contributed by atoms with E-state index >= 15 is 0 Å². The minimum atomic E-state index is -2.83. The average molecular weight is 379 g/mol. The lowest BCUT2D eigenvalue weighted by Crippen LogP contribution is -2.60. The number of pyridine rings is 1. The van der Waals surface area contributed by atoms with E-state index in [2.05, 4.69) is 10.1 Å². The fourth-order valence-corrected chi connectivity index (χ4v) is 3.53. The summed E-state index contributed by atoms with van der Waals surface area (Å²) >= 11 is 0. The first kappa shape index (κ1) is 17.6. The zero-order valence-corrected chi connectivity index (χ0v) is 14.8. The van der Waals surface area contributed by atoms with Crippen molar-refractivity contribution in [1.82, 2.24) is 24.2 Å². The SMILES string of the molecule is COc1ccc(Cn2nc3n(c2=O)C(C(=O)N2CC(F)(F)C2)CCC3)nc1. The Morgan fingerprint density at radius 2 is 2.15 bits per heavy atom. The van der Waals surface area contributed by atoms with Gasteiger partial charge in [-0.3, -0.25) is 14.3 Å². The van der Waals surface area contributed by atoms with Gasteiger partial charge in [-0.2, -0.15) is 5.10 Å². The van der Waals surface area contributed by atoms with Gasteiger partial charge in [0.2, 0.25) is 5.91 Å². The van der Waals surface area contributed by atoms with Crippen molar-refractivity contribution in [2.24, 2.45) is 0 Å². The molecule has 0 aliphatic carbocycles. The molecule has 1 saturated heterocycles. The molecule has 0 radical (unpaired) electrons. The van der Waals surface area contributed by atoms with Crippen LogP contribution < -0.4 is 10.4 Å². The molecule has 2 aliphatic heterocycles. The van der Waals surface area contributed by atoms with Gasteiger partial charge in [0.25, 0.3) is 5.92 Å². The van der Waals surface area contributed by atoms with Crippen molar-refractivity contribution in [3.05, 3.63) is 40.3 Å². The number of carbonyl (C=O) groups is 1. The van der Waals surface area contributed by atoms with Gasteiger partial charge in [0.05, 0.1) is 38.6 Å². The molecule has 8 nitrogen and oxygen atoms in total. The first-order valence-corrected chi connectivity index (χ1v) is 8.72. The zero-order valence-electron chi connectivity index (χ0n) is 14.8. The maximum atomic E-state index is 13.1. The first-order chi connectivity index (χ1) is 12.9. The highest BCUT2D eigenvalue weighted by atomic mass is 19.3. The Balaban J connectivity index is 1.58. The van der Waals surface area contributed by atoms with Crippen LogP contribution in [0.2, 0.25) is 0 Å². The normalized spacial score (nSPS) is 20.7. The average Bonchev–Trinajstić information content (AvgIpc) is 2.95. The van der Waals surface area contributed by atoms with E-state index in [1.807, 2.05) is 0 Å². The van der Waals surface area contributed by atoms with Crippen molar-refractivity contribution in [2.75, 3.05) is 20.2 Å². The van der Waals surface area contributed by atoms with E-state index in [4.69, 9.17) is 4.74 Å². The first-order valence-electron chi connectivity index (χ1n) is 8.72. The topological polar surface area (TPSA) is 82.2 Å². The molecule has 0 N–H and O–H groups in total. The number of aromatic nitrogens is 4. The number of hydrogen-bond acceptors (Lipinski definition) is 5. The van der Waals surface area contributed by atoms with Gasteiger partial charge in [-0.05, 0) is 25.0 Å². The van der Waals surface area contributed by atoms with E-state index in [0.29, 0.717) is 36.5 Å². The Labute approximate surface area is 153 Å². The number of rotatable bonds is 4. The van der Waals surface area contributed by atoms with E-state index in [1.54, 1.807) is 18.3 Å². The molecule has 27 heavy (non-hydrogen) atoms. The van der Waals surface area contributed by atoms with E-state index in [-0.39, 0.29) is 6.54 Å². The van der Waals surface area contributed by atoms with Crippen molar-refractivity contribution in [3.63, 3.8) is 0 Å². The third-order valence-corrected chi connectivity index (χ3v) is 4.92. The lowest BCUT2D eigenvalue weighted by atomic mass is 10.0. The van der Waals surface area contributed by atoms with Gasteiger partial charge < -0.3 is 9.64 Å². The minimum absolute atomic E-state index is 0.158. The Morgan fingerprint density at radius 3 is 2.78 bits per heavy atom. The molecule has 0 aromatic carbocycles. The second-order valence-corrected chi connectivity index (χ2v) is 6.87. The smallest absolute Gasteiger partial charge is 0.347 e. The number of fused-ring (bicyclic) bond motifs is 1. The van der Waals surface area contributed by atoms with Gasteiger partial charge in [0.1, 0.15) is 17.6 Å². The van der Waals surface area contributed by atoms with Crippen LogP contribution in [0.5, 0.6) is 5.75 Å². The third kappa shape index (κ3) is 3.19.